The summed E-state index contributed by atoms with van der Waals surface area (Å²) < 4.78 is 16.1. The first-order valence-electron chi connectivity index (χ1n) is 8.61. The van der Waals surface area contributed by atoms with E-state index in [0.717, 1.165) is 12.8 Å². The van der Waals surface area contributed by atoms with Crippen LogP contribution in [0, 0.1) is 11.7 Å². The Morgan fingerprint density at radius 2 is 2.04 bits per heavy atom. The predicted molar refractivity (Wildman–Crippen MR) is 96.7 cm³/mol. The summed E-state index contributed by atoms with van der Waals surface area (Å²) >= 11 is 1.37. The van der Waals surface area contributed by atoms with Gasteiger partial charge in [-0.25, -0.2) is 4.39 Å². The molecule has 0 aliphatic heterocycles. The lowest BCUT2D eigenvalue weighted by Gasteiger charge is -2.15. The van der Waals surface area contributed by atoms with Gasteiger partial charge in [-0.2, -0.15) is 0 Å². The average molecular weight is 362 g/mol. The van der Waals surface area contributed by atoms with Crippen molar-refractivity contribution in [3.63, 3.8) is 0 Å². The monoisotopic (exact) mass is 362 g/mol. The number of carbonyl (C=O) groups is 1. The molecule has 0 unspecified atom stereocenters. The molecule has 1 amide bonds. The maximum Gasteiger partial charge on any atom is 0.233 e. The molecular weight excluding hydrogens is 339 g/mol. The highest BCUT2D eigenvalue weighted by molar-refractivity contribution is 8.00. The lowest BCUT2D eigenvalue weighted by Crippen LogP contribution is -2.32. The third-order valence-corrected chi connectivity index (χ3v) is 5.03. The highest BCUT2D eigenvalue weighted by Gasteiger charge is 2.27. The molecule has 5 nitrogen and oxygen atoms in total. The zero-order valence-electron chi connectivity index (χ0n) is 14.7. The molecule has 1 aliphatic rings. The Hall–Kier alpha value is -1.89. The van der Waals surface area contributed by atoms with Crippen molar-refractivity contribution < 1.29 is 9.18 Å². The minimum absolute atomic E-state index is 0.0130. The molecule has 1 aromatic carbocycles. The standard InChI is InChI=1S/C18H23FN4OS/c1-11(2)10-23-16(14-6-4-5-7-15(14)19)21-22-18(23)25-12(3)17(24)20-13-8-9-13/h4-7,11-13H,8-10H2,1-3H3,(H,20,24)/t12-/m0/s1. The third-order valence-electron chi connectivity index (χ3n) is 3.95. The van der Waals surface area contributed by atoms with E-state index in [2.05, 4.69) is 29.4 Å². The van der Waals surface area contributed by atoms with E-state index >= 15 is 0 Å². The van der Waals surface area contributed by atoms with Crippen molar-refractivity contribution in [2.24, 2.45) is 5.92 Å². The zero-order valence-corrected chi connectivity index (χ0v) is 15.5. The largest absolute Gasteiger partial charge is 0.352 e. The molecule has 1 aromatic heterocycles. The van der Waals surface area contributed by atoms with Crippen molar-refractivity contribution in [2.75, 3.05) is 0 Å². The van der Waals surface area contributed by atoms with Crippen LogP contribution in [0.25, 0.3) is 11.4 Å². The number of nitrogens with one attached hydrogen (secondary N) is 1. The van der Waals surface area contributed by atoms with Gasteiger partial charge in [0.2, 0.25) is 5.91 Å². The summed E-state index contributed by atoms with van der Waals surface area (Å²) in [5, 5.41) is 11.8. The second kappa shape index (κ2) is 7.56. The minimum Gasteiger partial charge on any atom is -0.352 e. The van der Waals surface area contributed by atoms with Gasteiger partial charge in [0.1, 0.15) is 5.82 Å². The quantitative estimate of drug-likeness (QED) is 0.766. The molecule has 0 spiro atoms. The summed E-state index contributed by atoms with van der Waals surface area (Å²) in [6.45, 7) is 6.70. The fourth-order valence-corrected chi connectivity index (χ4v) is 3.37. The van der Waals surface area contributed by atoms with Gasteiger partial charge in [0.15, 0.2) is 11.0 Å². The molecule has 0 bridgehead atoms. The second-order valence-corrected chi connectivity index (χ2v) is 8.14. The van der Waals surface area contributed by atoms with E-state index in [1.54, 1.807) is 18.2 Å². The van der Waals surface area contributed by atoms with Crippen molar-refractivity contribution in [1.82, 2.24) is 20.1 Å². The normalized spacial score (nSPS) is 15.4. The summed E-state index contributed by atoms with van der Waals surface area (Å²) in [6, 6.07) is 6.89. The summed E-state index contributed by atoms with van der Waals surface area (Å²) in [6.07, 6.45) is 2.12. The fraction of sp³-hybridized carbons (Fsp3) is 0.500. The van der Waals surface area contributed by atoms with Crippen molar-refractivity contribution >= 4 is 17.7 Å². The number of nitrogens with zero attached hydrogens (tertiary/aromatic N) is 3. The number of halogens is 1. The van der Waals surface area contributed by atoms with E-state index in [4.69, 9.17) is 0 Å². The van der Waals surface area contributed by atoms with Gasteiger partial charge in [-0.1, -0.05) is 37.7 Å². The molecule has 1 atom stereocenters. The smallest absolute Gasteiger partial charge is 0.233 e. The van der Waals surface area contributed by atoms with Crippen molar-refractivity contribution in [3.8, 4) is 11.4 Å². The van der Waals surface area contributed by atoms with Crippen molar-refractivity contribution in [1.29, 1.82) is 0 Å². The van der Waals surface area contributed by atoms with Crippen LogP contribution in [-0.2, 0) is 11.3 Å². The van der Waals surface area contributed by atoms with Crippen molar-refractivity contribution in [2.45, 2.75) is 56.6 Å². The molecule has 1 aliphatic carbocycles. The van der Waals surface area contributed by atoms with Gasteiger partial charge < -0.3 is 9.88 Å². The van der Waals surface area contributed by atoms with E-state index < -0.39 is 0 Å². The first-order chi connectivity index (χ1) is 12.0. The number of aromatic nitrogens is 3. The number of hydrogen-bond donors (Lipinski definition) is 1. The maximum atomic E-state index is 14.2. The van der Waals surface area contributed by atoms with Gasteiger partial charge in [0, 0.05) is 12.6 Å². The van der Waals surface area contributed by atoms with Crippen LogP contribution in [-0.4, -0.2) is 32.0 Å². The Morgan fingerprint density at radius 1 is 1.32 bits per heavy atom. The molecule has 0 radical (unpaired) electrons. The summed E-state index contributed by atoms with van der Waals surface area (Å²) in [7, 11) is 0. The van der Waals surface area contributed by atoms with Crippen molar-refractivity contribution in [3.05, 3.63) is 30.1 Å². The Labute approximate surface area is 151 Å². The molecule has 1 saturated carbocycles. The van der Waals surface area contributed by atoms with E-state index in [1.165, 1.54) is 17.8 Å². The number of hydrogen-bond acceptors (Lipinski definition) is 4. The molecule has 1 heterocycles. The van der Waals surface area contributed by atoms with Crippen LogP contribution in [0.2, 0.25) is 0 Å². The van der Waals surface area contributed by atoms with Crippen LogP contribution in [0.3, 0.4) is 0 Å². The summed E-state index contributed by atoms with van der Waals surface area (Å²) in [5.74, 6) is 0.538. The Bertz CT molecular complexity index is 757. The van der Waals surface area contributed by atoms with Gasteiger partial charge in [-0.3, -0.25) is 4.79 Å². The van der Waals surface area contributed by atoms with E-state index in [-0.39, 0.29) is 17.0 Å². The zero-order chi connectivity index (χ0) is 18.0. The van der Waals surface area contributed by atoms with Crippen LogP contribution in [0.4, 0.5) is 4.39 Å². The van der Waals surface area contributed by atoms with Gasteiger partial charge >= 0.3 is 0 Å². The molecule has 2 aromatic rings. The van der Waals surface area contributed by atoms with Crippen LogP contribution < -0.4 is 5.32 Å². The third kappa shape index (κ3) is 4.39. The lowest BCUT2D eigenvalue weighted by molar-refractivity contribution is -0.120. The highest BCUT2D eigenvalue weighted by atomic mass is 32.2. The molecule has 3 rings (SSSR count). The van der Waals surface area contributed by atoms with Gasteiger partial charge in [-0.15, -0.1) is 10.2 Å². The first kappa shape index (κ1) is 17.9. The molecule has 134 valence electrons. The molecular formula is C18H23FN4OS. The Kier molecular flexibility index (Phi) is 5.42. The van der Waals surface area contributed by atoms with E-state index in [0.29, 0.717) is 35.0 Å². The SMILES string of the molecule is CC(C)Cn1c(S[C@@H](C)C(=O)NC2CC2)nnc1-c1ccccc1F. The van der Waals surface area contributed by atoms with Gasteiger partial charge in [0.25, 0.3) is 0 Å². The fourth-order valence-electron chi connectivity index (χ4n) is 2.51. The average Bonchev–Trinajstić information content (AvgIpc) is 3.30. The maximum absolute atomic E-state index is 14.2. The topological polar surface area (TPSA) is 59.8 Å². The predicted octanol–water partition coefficient (Wildman–Crippen LogP) is 3.50. The molecule has 0 saturated heterocycles. The minimum atomic E-state index is -0.323. The molecule has 1 fully saturated rings. The highest BCUT2D eigenvalue weighted by Crippen LogP contribution is 2.29. The number of thioether (sulfide) groups is 1. The number of carbonyl (C=O) groups excluding carboxylic acids is 1. The second-order valence-electron chi connectivity index (χ2n) is 6.83. The van der Waals surface area contributed by atoms with Gasteiger partial charge in [0.05, 0.1) is 10.8 Å². The summed E-state index contributed by atoms with van der Waals surface area (Å²) in [5.41, 5.74) is 0.428. The molecule has 25 heavy (non-hydrogen) atoms. The molecule has 7 heteroatoms. The molecule has 1 N–H and O–H groups in total. The van der Waals surface area contributed by atoms with Crippen LogP contribution >= 0.6 is 11.8 Å². The number of benzene rings is 1. The van der Waals surface area contributed by atoms with Crippen LogP contribution in [0.5, 0.6) is 0 Å². The van der Waals surface area contributed by atoms with E-state index in [1.807, 2.05) is 11.5 Å². The first-order valence-corrected chi connectivity index (χ1v) is 9.48. The Morgan fingerprint density at radius 3 is 2.68 bits per heavy atom. The Balaban J connectivity index is 1.86. The van der Waals surface area contributed by atoms with Crippen LogP contribution in [0.1, 0.15) is 33.6 Å². The van der Waals surface area contributed by atoms with Crippen LogP contribution in [0.15, 0.2) is 29.4 Å². The number of amides is 1. The van der Waals surface area contributed by atoms with Gasteiger partial charge in [-0.05, 0) is 37.8 Å². The lowest BCUT2D eigenvalue weighted by atomic mass is 10.2. The van der Waals surface area contributed by atoms with E-state index in [9.17, 15) is 9.18 Å². The number of rotatable bonds is 7. The summed E-state index contributed by atoms with van der Waals surface area (Å²) in [4.78, 5) is 12.2.